The number of fused-ring (bicyclic) bond motifs is 1. The lowest BCUT2D eigenvalue weighted by molar-refractivity contribution is -0.116. The second-order valence-electron chi connectivity index (χ2n) is 5.24. The molecule has 118 valence electrons. The summed E-state index contributed by atoms with van der Waals surface area (Å²) in [6, 6.07) is 15.9. The van der Waals surface area contributed by atoms with Gasteiger partial charge in [-0.15, -0.1) is 0 Å². The lowest BCUT2D eigenvalue weighted by Gasteiger charge is -2.09. The quantitative estimate of drug-likeness (QED) is 0.799. The number of carbonyl (C=O) groups excluding carboxylic acids is 1. The molecule has 6 nitrogen and oxygen atoms in total. The summed E-state index contributed by atoms with van der Waals surface area (Å²) in [5.41, 5.74) is 1.74. The summed E-state index contributed by atoms with van der Waals surface area (Å²) in [6.45, 7) is 0.364. The molecule has 3 rings (SSSR count). The Morgan fingerprint density at radius 3 is 2.67 bits per heavy atom. The van der Waals surface area contributed by atoms with Gasteiger partial charge >= 0.3 is 0 Å². The zero-order valence-corrected chi connectivity index (χ0v) is 12.8. The summed E-state index contributed by atoms with van der Waals surface area (Å²) in [4.78, 5) is 23.8. The van der Waals surface area contributed by atoms with Crippen LogP contribution >= 0.6 is 0 Å². The third kappa shape index (κ3) is 3.31. The monoisotopic (exact) mass is 318 g/mol. The Morgan fingerprint density at radius 1 is 1.17 bits per heavy atom. The lowest BCUT2D eigenvalue weighted by Crippen LogP contribution is -2.18. The average molecular weight is 318 g/mol. The molecule has 0 atom stereocenters. The largest absolute Gasteiger partial charge is 0.326 e. The van der Waals surface area contributed by atoms with Crippen LogP contribution in [0.1, 0.15) is 12.0 Å². The van der Waals surface area contributed by atoms with E-state index in [1.807, 2.05) is 18.2 Å². The molecule has 0 aliphatic rings. The normalized spacial score (nSPS) is 10.3. The maximum atomic E-state index is 12.1. The van der Waals surface area contributed by atoms with E-state index in [4.69, 9.17) is 5.26 Å². The van der Waals surface area contributed by atoms with Gasteiger partial charge in [0.2, 0.25) is 11.3 Å². The van der Waals surface area contributed by atoms with Gasteiger partial charge < -0.3 is 5.32 Å². The summed E-state index contributed by atoms with van der Waals surface area (Å²) < 4.78 is 1.65. The summed E-state index contributed by atoms with van der Waals surface area (Å²) in [6.07, 6.45) is 1.49. The molecule has 6 heteroatoms. The van der Waals surface area contributed by atoms with Crippen molar-refractivity contribution in [2.24, 2.45) is 0 Å². The molecule has 1 aromatic heterocycles. The Kier molecular flexibility index (Phi) is 4.34. The van der Waals surface area contributed by atoms with E-state index in [9.17, 15) is 9.59 Å². The fourth-order valence-electron chi connectivity index (χ4n) is 2.40. The number of nitrogens with one attached hydrogen (secondary N) is 1. The topological polar surface area (TPSA) is 87.8 Å². The zero-order valence-electron chi connectivity index (χ0n) is 12.8. The van der Waals surface area contributed by atoms with Gasteiger partial charge in [0, 0.05) is 17.5 Å². The van der Waals surface area contributed by atoms with Crippen LogP contribution in [0.5, 0.6) is 0 Å². The maximum Gasteiger partial charge on any atom is 0.226 e. The number of aromatic nitrogens is 2. The van der Waals surface area contributed by atoms with Crippen LogP contribution in [-0.4, -0.2) is 15.7 Å². The van der Waals surface area contributed by atoms with Gasteiger partial charge in [0.05, 0.1) is 29.9 Å². The fourth-order valence-corrected chi connectivity index (χ4v) is 2.40. The highest BCUT2D eigenvalue weighted by molar-refractivity contribution is 5.90. The van der Waals surface area contributed by atoms with E-state index in [0.29, 0.717) is 28.7 Å². The van der Waals surface area contributed by atoms with E-state index in [2.05, 4.69) is 10.4 Å². The van der Waals surface area contributed by atoms with Gasteiger partial charge in [0.25, 0.3) is 0 Å². The number of hydrogen-bond acceptors (Lipinski definition) is 4. The molecular weight excluding hydrogens is 304 g/mol. The van der Waals surface area contributed by atoms with Crippen LogP contribution in [0.25, 0.3) is 10.9 Å². The number of para-hydroxylation sites is 1. The molecule has 0 saturated heterocycles. The van der Waals surface area contributed by atoms with Gasteiger partial charge in [-0.2, -0.15) is 10.4 Å². The first-order chi connectivity index (χ1) is 11.7. The van der Waals surface area contributed by atoms with E-state index in [1.165, 1.54) is 6.20 Å². The van der Waals surface area contributed by atoms with Gasteiger partial charge in [0.1, 0.15) is 0 Å². The second-order valence-corrected chi connectivity index (χ2v) is 5.24. The highest BCUT2D eigenvalue weighted by atomic mass is 16.1. The summed E-state index contributed by atoms with van der Waals surface area (Å²) in [5, 5.41) is 16.2. The number of nitriles is 1. The Labute approximate surface area is 138 Å². The minimum absolute atomic E-state index is 0.135. The van der Waals surface area contributed by atoms with Crippen molar-refractivity contribution in [2.75, 3.05) is 5.32 Å². The van der Waals surface area contributed by atoms with Gasteiger partial charge in [-0.05, 0) is 36.4 Å². The van der Waals surface area contributed by atoms with E-state index >= 15 is 0 Å². The number of hydrogen-bond donors (Lipinski definition) is 1. The Balaban J connectivity index is 1.69. The average Bonchev–Trinajstić information content (AvgIpc) is 2.62. The van der Waals surface area contributed by atoms with E-state index in [0.717, 1.165) is 0 Å². The van der Waals surface area contributed by atoms with Crippen molar-refractivity contribution >= 4 is 22.5 Å². The first-order valence-electron chi connectivity index (χ1n) is 7.42. The first kappa shape index (κ1) is 15.4. The third-order valence-electron chi connectivity index (χ3n) is 3.61. The van der Waals surface area contributed by atoms with Crippen LogP contribution in [-0.2, 0) is 11.3 Å². The number of aryl methyl sites for hydroxylation is 1. The molecule has 0 aliphatic carbocycles. The predicted molar refractivity (Wildman–Crippen MR) is 90.4 cm³/mol. The summed E-state index contributed by atoms with van der Waals surface area (Å²) in [5.74, 6) is -0.163. The van der Waals surface area contributed by atoms with Gasteiger partial charge in [-0.1, -0.05) is 12.1 Å². The number of anilines is 1. The second kappa shape index (κ2) is 6.75. The molecule has 0 bridgehead atoms. The van der Waals surface area contributed by atoms with Crippen molar-refractivity contribution < 1.29 is 4.79 Å². The molecule has 0 fully saturated rings. The lowest BCUT2D eigenvalue weighted by atomic mass is 10.2. The fraction of sp³-hybridized carbons (Fsp3) is 0.111. The summed E-state index contributed by atoms with van der Waals surface area (Å²) >= 11 is 0. The number of nitrogens with zero attached hydrogens (tertiary/aromatic N) is 3. The van der Waals surface area contributed by atoms with Crippen LogP contribution in [0.15, 0.2) is 59.5 Å². The van der Waals surface area contributed by atoms with Crippen molar-refractivity contribution in [1.29, 1.82) is 5.26 Å². The predicted octanol–water partition coefficient (Wildman–Crippen LogP) is 2.30. The maximum absolute atomic E-state index is 12.1. The van der Waals surface area contributed by atoms with Gasteiger partial charge in [-0.25, -0.2) is 0 Å². The molecule has 1 N–H and O–H groups in total. The molecule has 0 unspecified atom stereocenters. The number of benzene rings is 2. The Bertz CT molecular complexity index is 984. The Morgan fingerprint density at radius 2 is 1.92 bits per heavy atom. The van der Waals surface area contributed by atoms with Gasteiger partial charge in [-0.3, -0.25) is 14.3 Å². The van der Waals surface area contributed by atoms with E-state index in [1.54, 1.807) is 41.1 Å². The van der Waals surface area contributed by atoms with Crippen LogP contribution in [0.4, 0.5) is 5.69 Å². The Hall–Kier alpha value is -3.46. The third-order valence-corrected chi connectivity index (χ3v) is 3.61. The highest BCUT2D eigenvalue weighted by Crippen LogP contribution is 2.11. The van der Waals surface area contributed by atoms with E-state index < -0.39 is 0 Å². The molecule has 24 heavy (non-hydrogen) atoms. The number of carbonyl (C=O) groups is 1. The molecule has 0 radical (unpaired) electrons. The molecule has 2 aromatic carbocycles. The van der Waals surface area contributed by atoms with Crippen molar-refractivity contribution in [3.63, 3.8) is 0 Å². The molecule has 0 aliphatic heterocycles. The van der Waals surface area contributed by atoms with Crippen molar-refractivity contribution in [2.45, 2.75) is 13.0 Å². The standard InChI is InChI=1S/C18H14N4O2/c19-11-13-5-7-14(8-6-13)21-18(24)9-10-22-16-4-2-1-3-15(16)17(23)12-20-22/h1-8,12H,9-10H2,(H,21,24). The SMILES string of the molecule is N#Cc1ccc(NC(=O)CCn2ncc(=O)c3ccccc32)cc1. The smallest absolute Gasteiger partial charge is 0.226 e. The molecule has 1 amide bonds. The van der Waals surface area contributed by atoms with Crippen LogP contribution < -0.4 is 10.7 Å². The minimum Gasteiger partial charge on any atom is -0.326 e. The van der Waals surface area contributed by atoms with Crippen molar-refractivity contribution in [3.8, 4) is 6.07 Å². The molecule has 0 saturated carbocycles. The summed E-state index contributed by atoms with van der Waals surface area (Å²) in [7, 11) is 0. The first-order valence-corrected chi connectivity index (χ1v) is 7.42. The van der Waals surface area contributed by atoms with Gasteiger partial charge in [0.15, 0.2) is 0 Å². The van der Waals surface area contributed by atoms with Crippen LogP contribution in [0.2, 0.25) is 0 Å². The zero-order chi connectivity index (χ0) is 16.9. The van der Waals surface area contributed by atoms with Crippen LogP contribution in [0.3, 0.4) is 0 Å². The van der Waals surface area contributed by atoms with Crippen LogP contribution in [0, 0.1) is 11.3 Å². The molecule has 0 spiro atoms. The molecule has 1 heterocycles. The van der Waals surface area contributed by atoms with E-state index in [-0.39, 0.29) is 17.8 Å². The number of rotatable bonds is 4. The number of amides is 1. The minimum atomic E-state index is -0.163. The molecule has 3 aromatic rings. The van der Waals surface area contributed by atoms with Crippen molar-refractivity contribution in [3.05, 3.63) is 70.5 Å². The molecular formula is C18H14N4O2. The van der Waals surface area contributed by atoms with Crippen molar-refractivity contribution in [1.82, 2.24) is 9.78 Å². The highest BCUT2D eigenvalue weighted by Gasteiger charge is 2.07.